The lowest BCUT2D eigenvalue weighted by Gasteiger charge is -2.20. The van der Waals surface area contributed by atoms with Gasteiger partial charge in [0.15, 0.2) is 9.84 Å². The molecular weight excluding hydrogens is 238 g/mol. The lowest BCUT2D eigenvalue weighted by molar-refractivity contribution is 0.0844. The van der Waals surface area contributed by atoms with Crippen LogP contribution in [-0.2, 0) is 14.6 Å². The molecule has 1 saturated heterocycles. The van der Waals surface area contributed by atoms with Gasteiger partial charge in [-0.25, -0.2) is 8.42 Å². The Morgan fingerprint density at radius 3 is 2.59 bits per heavy atom. The lowest BCUT2D eigenvalue weighted by Crippen LogP contribution is -2.39. The zero-order chi connectivity index (χ0) is 12.9. The highest BCUT2D eigenvalue weighted by Gasteiger charge is 2.22. The summed E-state index contributed by atoms with van der Waals surface area (Å²) in [7, 11) is -2.90. The Labute approximate surface area is 105 Å². The summed E-state index contributed by atoms with van der Waals surface area (Å²) >= 11 is 0. The topological polar surface area (TPSA) is 55.4 Å². The first-order valence-electron chi connectivity index (χ1n) is 6.46. The molecule has 0 aromatic rings. The molecule has 0 saturated carbocycles. The Hall–Kier alpha value is -0.130. The van der Waals surface area contributed by atoms with Gasteiger partial charge in [0.05, 0.1) is 17.6 Å². The number of ether oxygens (including phenoxy) is 1. The molecule has 1 fully saturated rings. The van der Waals surface area contributed by atoms with Gasteiger partial charge in [-0.15, -0.1) is 0 Å². The number of hydrogen-bond acceptors (Lipinski definition) is 4. The molecule has 1 rings (SSSR count). The van der Waals surface area contributed by atoms with E-state index in [2.05, 4.69) is 12.2 Å². The Balaban J connectivity index is 2.22. The average Bonchev–Trinajstić information content (AvgIpc) is 2.67. The fourth-order valence-corrected chi connectivity index (χ4v) is 3.77. The van der Waals surface area contributed by atoms with E-state index in [-0.39, 0.29) is 29.6 Å². The molecule has 0 aromatic carbocycles. The van der Waals surface area contributed by atoms with Gasteiger partial charge in [0.1, 0.15) is 0 Å². The lowest BCUT2D eigenvalue weighted by atomic mass is 10.1. The second kappa shape index (κ2) is 6.71. The average molecular weight is 263 g/mol. The number of sulfone groups is 1. The highest BCUT2D eigenvalue weighted by atomic mass is 32.2. The standard InChI is InChI=1S/C12H25NO3S/c1-10(2)9-17(14,15)8-6-13-11(3)12-5-4-7-16-12/h10-13H,4-9H2,1-3H3. The van der Waals surface area contributed by atoms with Crippen LogP contribution < -0.4 is 5.32 Å². The van der Waals surface area contributed by atoms with Crippen molar-refractivity contribution in [3.05, 3.63) is 0 Å². The van der Waals surface area contributed by atoms with E-state index in [0.29, 0.717) is 6.54 Å². The Bertz CT molecular complexity index is 308. The molecule has 1 heterocycles. The van der Waals surface area contributed by atoms with Crippen LogP contribution >= 0.6 is 0 Å². The summed E-state index contributed by atoms with van der Waals surface area (Å²) in [5, 5.41) is 3.25. The molecule has 102 valence electrons. The summed E-state index contributed by atoms with van der Waals surface area (Å²) in [6, 6.07) is 0.242. The molecule has 0 aromatic heterocycles. The minimum atomic E-state index is -2.90. The van der Waals surface area contributed by atoms with Crippen molar-refractivity contribution in [2.45, 2.75) is 45.8 Å². The summed E-state index contributed by atoms with van der Waals surface area (Å²) in [5.41, 5.74) is 0. The first-order valence-corrected chi connectivity index (χ1v) is 8.28. The van der Waals surface area contributed by atoms with Gasteiger partial charge in [-0.1, -0.05) is 13.8 Å². The molecule has 0 bridgehead atoms. The molecular formula is C12H25NO3S. The summed E-state index contributed by atoms with van der Waals surface area (Å²) in [6.45, 7) is 7.28. The van der Waals surface area contributed by atoms with Crippen molar-refractivity contribution in [2.75, 3.05) is 24.7 Å². The van der Waals surface area contributed by atoms with Gasteiger partial charge < -0.3 is 10.1 Å². The number of rotatable bonds is 7. The molecule has 2 atom stereocenters. The smallest absolute Gasteiger partial charge is 0.151 e. The van der Waals surface area contributed by atoms with E-state index in [1.165, 1.54) is 0 Å². The Morgan fingerprint density at radius 2 is 2.06 bits per heavy atom. The molecule has 0 aliphatic carbocycles. The van der Waals surface area contributed by atoms with Crippen molar-refractivity contribution >= 4 is 9.84 Å². The third-order valence-electron chi connectivity index (χ3n) is 2.99. The maximum Gasteiger partial charge on any atom is 0.151 e. The van der Waals surface area contributed by atoms with Gasteiger partial charge in [-0.3, -0.25) is 0 Å². The molecule has 0 spiro atoms. The predicted molar refractivity (Wildman–Crippen MR) is 69.9 cm³/mol. The van der Waals surface area contributed by atoms with E-state index in [1.807, 2.05) is 13.8 Å². The maximum absolute atomic E-state index is 11.7. The molecule has 2 unspecified atom stereocenters. The predicted octanol–water partition coefficient (Wildman–Crippen LogP) is 1.21. The van der Waals surface area contributed by atoms with Gasteiger partial charge in [-0.05, 0) is 25.7 Å². The number of hydrogen-bond donors (Lipinski definition) is 1. The maximum atomic E-state index is 11.7. The van der Waals surface area contributed by atoms with E-state index in [0.717, 1.165) is 19.4 Å². The largest absolute Gasteiger partial charge is 0.377 e. The quantitative estimate of drug-likeness (QED) is 0.750. The van der Waals surface area contributed by atoms with Crippen LogP contribution in [0.5, 0.6) is 0 Å². The molecule has 17 heavy (non-hydrogen) atoms. The molecule has 0 amide bonds. The highest BCUT2D eigenvalue weighted by molar-refractivity contribution is 7.91. The molecule has 5 heteroatoms. The fraction of sp³-hybridized carbons (Fsp3) is 1.00. The van der Waals surface area contributed by atoms with E-state index in [1.54, 1.807) is 0 Å². The first kappa shape index (κ1) is 14.9. The minimum absolute atomic E-state index is 0.204. The van der Waals surface area contributed by atoms with E-state index in [4.69, 9.17) is 4.74 Å². The number of nitrogens with one attached hydrogen (secondary N) is 1. The summed E-state index contributed by atoms with van der Waals surface area (Å²) in [4.78, 5) is 0. The highest BCUT2D eigenvalue weighted by Crippen LogP contribution is 2.15. The van der Waals surface area contributed by atoms with Crippen LogP contribution in [0, 0.1) is 5.92 Å². The zero-order valence-corrected chi connectivity index (χ0v) is 11.9. The van der Waals surface area contributed by atoms with Gasteiger partial charge in [0.25, 0.3) is 0 Å². The third-order valence-corrected chi connectivity index (χ3v) is 4.99. The molecule has 1 aliphatic heterocycles. The summed E-state index contributed by atoms with van der Waals surface area (Å²) in [6.07, 6.45) is 2.44. The van der Waals surface area contributed by atoms with Crippen molar-refractivity contribution in [3.63, 3.8) is 0 Å². The molecule has 4 nitrogen and oxygen atoms in total. The second-order valence-electron chi connectivity index (χ2n) is 5.30. The van der Waals surface area contributed by atoms with Crippen molar-refractivity contribution in [2.24, 2.45) is 5.92 Å². The third kappa shape index (κ3) is 5.84. The van der Waals surface area contributed by atoms with Crippen LogP contribution in [0.1, 0.15) is 33.6 Å². The van der Waals surface area contributed by atoms with Crippen LogP contribution in [0.2, 0.25) is 0 Å². The second-order valence-corrected chi connectivity index (χ2v) is 7.53. The van der Waals surface area contributed by atoms with Crippen LogP contribution in [0.15, 0.2) is 0 Å². The van der Waals surface area contributed by atoms with Gasteiger partial charge in [0.2, 0.25) is 0 Å². The SMILES string of the molecule is CC(C)CS(=O)(=O)CCNC(C)C1CCCO1. The Kier molecular flexibility index (Phi) is 5.89. The van der Waals surface area contributed by atoms with Crippen LogP contribution in [0.25, 0.3) is 0 Å². The minimum Gasteiger partial charge on any atom is -0.377 e. The van der Waals surface area contributed by atoms with E-state index in [9.17, 15) is 8.42 Å². The first-order chi connectivity index (χ1) is 7.91. The van der Waals surface area contributed by atoms with Crippen molar-refractivity contribution in [1.82, 2.24) is 5.32 Å². The van der Waals surface area contributed by atoms with Crippen molar-refractivity contribution in [3.8, 4) is 0 Å². The zero-order valence-electron chi connectivity index (χ0n) is 11.1. The van der Waals surface area contributed by atoms with Gasteiger partial charge in [-0.2, -0.15) is 0 Å². The van der Waals surface area contributed by atoms with Crippen molar-refractivity contribution < 1.29 is 13.2 Å². The molecule has 0 radical (unpaired) electrons. The molecule has 1 aliphatic rings. The van der Waals surface area contributed by atoms with Crippen LogP contribution in [0.3, 0.4) is 0 Å². The van der Waals surface area contributed by atoms with Crippen LogP contribution in [0.4, 0.5) is 0 Å². The monoisotopic (exact) mass is 263 g/mol. The molecule has 1 N–H and O–H groups in total. The normalized spacial score (nSPS) is 23.2. The van der Waals surface area contributed by atoms with E-state index >= 15 is 0 Å². The van der Waals surface area contributed by atoms with E-state index < -0.39 is 9.84 Å². The van der Waals surface area contributed by atoms with Crippen molar-refractivity contribution in [1.29, 1.82) is 0 Å². The Morgan fingerprint density at radius 1 is 1.35 bits per heavy atom. The fourth-order valence-electron chi connectivity index (χ4n) is 2.16. The van der Waals surface area contributed by atoms with Gasteiger partial charge in [0, 0.05) is 19.2 Å². The van der Waals surface area contributed by atoms with Crippen LogP contribution in [-0.4, -0.2) is 45.2 Å². The summed E-state index contributed by atoms with van der Waals surface area (Å²) < 4.78 is 28.9. The van der Waals surface area contributed by atoms with Gasteiger partial charge >= 0.3 is 0 Å². The summed E-state index contributed by atoms with van der Waals surface area (Å²) in [5.74, 6) is 0.709.